The molecule has 1 aromatic carbocycles. The van der Waals surface area contributed by atoms with Gasteiger partial charge >= 0.3 is 41.8 Å². The van der Waals surface area contributed by atoms with E-state index in [1.165, 1.54) is 24.3 Å². The number of benzene rings is 1. The molecule has 0 spiro atoms. The molecule has 10 atom stereocenters. The Hall–Kier alpha value is -5.83. The summed E-state index contributed by atoms with van der Waals surface area (Å²) in [5, 5.41) is 5.04. The molecule has 0 bridgehead atoms. The lowest BCUT2D eigenvalue weighted by Gasteiger charge is -2.44. The third-order valence-electron chi connectivity index (χ3n) is 7.69. The summed E-state index contributed by atoms with van der Waals surface area (Å²) in [6, 6.07) is 2.47. The van der Waals surface area contributed by atoms with Crippen molar-refractivity contribution in [2.24, 2.45) is 0 Å². The van der Waals surface area contributed by atoms with Crippen LogP contribution in [0.5, 0.6) is 5.75 Å². The SMILES string of the molecule is CC(=O)N[C@@H]1[C@H](OC(=O)c2cccc(O[C@@H]3O[C@@H](COC(C)=O)[C@@H](OC(C)=O)[C@@H](OC(C)=O)[C@@H]3NC(C)=O)c2)O[C@@H](COC(C)=O)[C@@H](OC(C)=O)[C@@H]1OC(C)=O. The van der Waals surface area contributed by atoms with Crippen molar-refractivity contribution >= 4 is 53.6 Å². The number of rotatable bonds is 14. The van der Waals surface area contributed by atoms with E-state index in [1.54, 1.807) is 0 Å². The zero-order valence-electron chi connectivity index (χ0n) is 31.8. The van der Waals surface area contributed by atoms with E-state index >= 15 is 0 Å². The summed E-state index contributed by atoms with van der Waals surface area (Å²) in [4.78, 5) is 110. The summed E-state index contributed by atoms with van der Waals surface area (Å²) in [6.45, 7) is 7.74. The molecule has 2 N–H and O–H groups in total. The Morgan fingerprint density at radius 3 is 1.36 bits per heavy atom. The molecule has 2 heterocycles. The fourth-order valence-corrected chi connectivity index (χ4v) is 5.79. The van der Waals surface area contributed by atoms with Crippen LogP contribution in [0.4, 0.5) is 0 Å². The van der Waals surface area contributed by atoms with Gasteiger partial charge < -0.3 is 58.0 Å². The maximum absolute atomic E-state index is 13.7. The maximum atomic E-state index is 13.7. The fourth-order valence-electron chi connectivity index (χ4n) is 5.79. The van der Waals surface area contributed by atoms with Gasteiger partial charge in [-0.25, -0.2) is 4.79 Å². The number of hydrogen-bond acceptors (Lipinski definition) is 19. The smallest absolute Gasteiger partial charge is 0.340 e. The van der Waals surface area contributed by atoms with Crippen LogP contribution >= 0.6 is 0 Å². The Bertz CT molecular complexity index is 1660. The monoisotopic (exact) mass is 796 g/mol. The first kappa shape index (κ1) is 44.6. The summed E-state index contributed by atoms with van der Waals surface area (Å²) in [7, 11) is 0. The molecule has 2 aliphatic heterocycles. The van der Waals surface area contributed by atoms with Gasteiger partial charge in [-0.15, -0.1) is 0 Å². The molecular weight excluding hydrogens is 752 g/mol. The van der Waals surface area contributed by atoms with E-state index in [4.69, 9.17) is 47.4 Å². The van der Waals surface area contributed by atoms with Crippen molar-refractivity contribution in [3.63, 3.8) is 0 Å². The van der Waals surface area contributed by atoms with Crippen LogP contribution < -0.4 is 15.4 Å². The standard InChI is InChI=1S/C35H44N2O19/c1-15(38)36-27-31(51-21(7)44)29(49-19(5)42)25(13-47-17(3)40)54-34(27)53-24-11-9-10-23(12-24)33(46)56-35-28(37-16(2)39)32(52-22(8)45)30(50-20(6)43)26(55-35)14-48-18(4)41/h9-12,25-32,34-35H,13-14H2,1-8H3,(H,36,38)(H,37,39)/t25-,26-,27-,28-,29+,30+,31-,32+,34+,35-/m0/s1. The van der Waals surface area contributed by atoms with Gasteiger partial charge in [0.15, 0.2) is 24.4 Å². The van der Waals surface area contributed by atoms with E-state index in [0.717, 1.165) is 55.4 Å². The minimum Gasteiger partial charge on any atom is -0.463 e. The molecule has 2 amide bonds. The number of nitrogens with one attached hydrogen (secondary N) is 2. The maximum Gasteiger partial charge on any atom is 0.340 e. The Balaban J connectivity index is 1.99. The van der Waals surface area contributed by atoms with E-state index in [2.05, 4.69) is 10.6 Å². The van der Waals surface area contributed by atoms with Crippen molar-refractivity contribution in [2.75, 3.05) is 13.2 Å². The van der Waals surface area contributed by atoms with Crippen molar-refractivity contribution in [1.29, 1.82) is 0 Å². The van der Waals surface area contributed by atoms with Gasteiger partial charge in [-0.05, 0) is 18.2 Å². The van der Waals surface area contributed by atoms with Gasteiger partial charge in [0.1, 0.15) is 43.3 Å². The average molecular weight is 797 g/mol. The summed E-state index contributed by atoms with van der Waals surface area (Å²) < 4.78 is 55.4. The van der Waals surface area contributed by atoms with Crippen LogP contribution in [0.15, 0.2) is 24.3 Å². The summed E-state index contributed by atoms with van der Waals surface area (Å²) in [5.41, 5.74) is -0.187. The molecule has 0 aromatic heterocycles. The van der Waals surface area contributed by atoms with Gasteiger partial charge in [-0.1, -0.05) is 6.07 Å². The first-order valence-electron chi connectivity index (χ1n) is 17.0. The molecule has 2 saturated heterocycles. The summed E-state index contributed by atoms with van der Waals surface area (Å²) in [5.74, 6) is -7.26. The van der Waals surface area contributed by atoms with Crippen molar-refractivity contribution in [3.05, 3.63) is 29.8 Å². The van der Waals surface area contributed by atoms with Gasteiger partial charge in [0.25, 0.3) is 0 Å². The highest BCUT2D eigenvalue weighted by molar-refractivity contribution is 5.90. The second-order valence-corrected chi connectivity index (χ2v) is 12.5. The van der Waals surface area contributed by atoms with E-state index in [9.17, 15) is 43.2 Å². The number of ether oxygens (including phenoxy) is 10. The highest BCUT2D eigenvalue weighted by Crippen LogP contribution is 2.31. The van der Waals surface area contributed by atoms with Gasteiger partial charge in [0.05, 0.1) is 5.56 Å². The Morgan fingerprint density at radius 2 is 0.946 bits per heavy atom. The van der Waals surface area contributed by atoms with Crippen LogP contribution in [0.2, 0.25) is 0 Å². The molecule has 3 rings (SSSR count). The lowest BCUT2D eigenvalue weighted by Crippen LogP contribution is -2.67. The minimum atomic E-state index is -1.73. The molecule has 0 saturated carbocycles. The first-order chi connectivity index (χ1) is 26.2. The van der Waals surface area contributed by atoms with E-state index in [-0.39, 0.29) is 11.3 Å². The zero-order valence-corrected chi connectivity index (χ0v) is 31.8. The van der Waals surface area contributed by atoms with Crippen molar-refractivity contribution in [2.45, 2.75) is 117 Å². The largest absolute Gasteiger partial charge is 0.463 e. The van der Waals surface area contributed by atoms with E-state index < -0.39 is 128 Å². The summed E-state index contributed by atoms with van der Waals surface area (Å²) >= 11 is 0. The zero-order chi connectivity index (χ0) is 41.9. The predicted octanol–water partition coefficient (Wildman–Crippen LogP) is -0.466. The Kier molecular flexibility index (Phi) is 16.1. The summed E-state index contributed by atoms with van der Waals surface area (Å²) in [6.07, 6.45) is -11.7. The van der Waals surface area contributed by atoms with Crippen molar-refractivity contribution in [3.8, 4) is 5.75 Å². The van der Waals surface area contributed by atoms with Gasteiger partial charge in [-0.3, -0.25) is 38.4 Å². The molecular formula is C35H44N2O19. The number of esters is 7. The number of carbonyl (C=O) groups is 9. The second kappa shape index (κ2) is 20.2. The molecule has 2 fully saturated rings. The number of hydrogen-bond donors (Lipinski definition) is 2. The van der Waals surface area contributed by atoms with Gasteiger partial charge in [-0.2, -0.15) is 0 Å². The molecule has 2 aliphatic rings. The van der Waals surface area contributed by atoms with Crippen LogP contribution in [-0.4, -0.2) is 128 Å². The van der Waals surface area contributed by atoms with Gasteiger partial charge in [0, 0.05) is 55.4 Å². The molecule has 0 unspecified atom stereocenters. The molecule has 21 nitrogen and oxygen atoms in total. The lowest BCUT2D eigenvalue weighted by molar-refractivity contribution is -0.263. The quantitative estimate of drug-likeness (QED) is 0.178. The van der Waals surface area contributed by atoms with Crippen LogP contribution in [0.1, 0.15) is 65.7 Å². The second-order valence-electron chi connectivity index (χ2n) is 12.5. The number of amides is 2. The molecule has 1 aromatic rings. The molecule has 21 heteroatoms. The Morgan fingerprint density at radius 1 is 0.536 bits per heavy atom. The minimum absolute atomic E-state index is 0.0815. The highest BCUT2D eigenvalue weighted by atomic mass is 16.7. The molecule has 308 valence electrons. The van der Waals surface area contributed by atoms with E-state index in [0.29, 0.717) is 0 Å². The van der Waals surface area contributed by atoms with Crippen molar-refractivity contribution < 1.29 is 90.5 Å². The molecule has 0 aliphatic carbocycles. The van der Waals surface area contributed by atoms with Crippen LogP contribution in [0, 0.1) is 0 Å². The third kappa shape index (κ3) is 13.2. The topological polar surface area (TPSA) is 270 Å². The molecule has 56 heavy (non-hydrogen) atoms. The van der Waals surface area contributed by atoms with Crippen LogP contribution in [-0.2, 0) is 81.0 Å². The van der Waals surface area contributed by atoms with Crippen LogP contribution in [0.25, 0.3) is 0 Å². The normalized spacial score (nSPS) is 26.9. The van der Waals surface area contributed by atoms with E-state index in [1.807, 2.05) is 0 Å². The number of carbonyl (C=O) groups excluding carboxylic acids is 9. The van der Waals surface area contributed by atoms with Crippen molar-refractivity contribution in [1.82, 2.24) is 10.6 Å². The third-order valence-corrected chi connectivity index (χ3v) is 7.69. The first-order valence-corrected chi connectivity index (χ1v) is 17.0. The molecule has 0 radical (unpaired) electrons. The lowest BCUT2D eigenvalue weighted by atomic mass is 9.96. The average Bonchev–Trinajstić information content (AvgIpc) is 3.07. The fraction of sp³-hybridized carbons (Fsp3) is 0.571. The predicted molar refractivity (Wildman–Crippen MR) is 180 cm³/mol. The van der Waals surface area contributed by atoms with Crippen LogP contribution in [0.3, 0.4) is 0 Å². The Labute approximate surface area is 320 Å². The van der Waals surface area contributed by atoms with Gasteiger partial charge in [0.2, 0.25) is 24.4 Å². The highest BCUT2D eigenvalue weighted by Gasteiger charge is 2.53.